The summed E-state index contributed by atoms with van der Waals surface area (Å²) in [5.41, 5.74) is 5.19. The van der Waals surface area contributed by atoms with Crippen LogP contribution in [0.3, 0.4) is 0 Å². The van der Waals surface area contributed by atoms with E-state index in [0.717, 1.165) is 0 Å². The third-order valence-corrected chi connectivity index (χ3v) is 5.04. The van der Waals surface area contributed by atoms with E-state index in [2.05, 4.69) is 97.0 Å². The number of para-hydroxylation sites is 1. The zero-order valence-corrected chi connectivity index (χ0v) is 14.0. The molecule has 0 spiro atoms. The topological polar surface area (TPSA) is 3.01 Å². The Balaban J connectivity index is 1.88. The molecule has 0 bridgehead atoms. The summed E-state index contributed by atoms with van der Waals surface area (Å²) in [7, 11) is -1.15. The van der Waals surface area contributed by atoms with Crippen molar-refractivity contribution in [3.63, 3.8) is 0 Å². The predicted octanol–water partition coefficient (Wildman–Crippen LogP) is 5.05. The van der Waals surface area contributed by atoms with Crippen molar-refractivity contribution in [2.24, 2.45) is 0 Å². The van der Waals surface area contributed by atoms with Gasteiger partial charge in [0.05, 0.1) is 20.2 Å². The SMILES string of the molecule is C[Si](C)(C)/C=C/[C@H]1[C@@H](c2ccccc2)N1c1ccccc1. The fourth-order valence-corrected chi connectivity index (χ4v) is 3.55. The van der Waals surface area contributed by atoms with E-state index < -0.39 is 8.07 Å². The maximum Gasteiger partial charge on any atom is 0.0789 e. The first-order chi connectivity index (χ1) is 10.1. The summed E-state index contributed by atoms with van der Waals surface area (Å²) < 4.78 is 0. The van der Waals surface area contributed by atoms with Gasteiger partial charge in [-0.3, -0.25) is 0 Å². The molecule has 0 amide bonds. The summed E-state index contributed by atoms with van der Waals surface area (Å²) in [5, 5.41) is 0. The molecule has 1 saturated heterocycles. The van der Waals surface area contributed by atoms with Gasteiger partial charge in [-0.05, 0) is 17.7 Å². The first kappa shape index (κ1) is 14.1. The van der Waals surface area contributed by atoms with Gasteiger partial charge in [-0.1, -0.05) is 79.9 Å². The quantitative estimate of drug-likeness (QED) is 0.563. The van der Waals surface area contributed by atoms with Crippen LogP contribution in [0.25, 0.3) is 0 Å². The molecule has 0 unspecified atom stereocenters. The minimum Gasteiger partial charge on any atom is -0.353 e. The Labute approximate surface area is 128 Å². The summed E-state index contributed by atoms with van der Waals surface area (Å²) in [6.07, 6.45) is 2.43. The zero-order valence-electron chi connectivity index (χ0n) is 13.0. The molecule has 2 atom stereocenters. The monoisotopic (exact) mass is 293 g/mol. The second-order valence-corrected chi connectivity index (χ2v) is 11.9. The van der Waals surface area contributed by atoms with Crippen molar-refractivity contribution in [2.75, 3.05) is 4.90 Å². The van der Waals surface area contributed by atoms with E-state index in [4.69, 9.17) is 0 Å². The van der Waals surface area contributed by atoms with Gasteiger partial charge in [0.25, 0.3) is 0 Å². The molecule has 0 N–H and O–H groups in total. The van der Waals surface area contributed by atoms with E-state index in [1.54, 1.807) is 0 Å². The molecular weight excluding hydrogens is 270 g/mol. The normalized spacial score (nSPS) is 21.8. The van der Waals surface area contributed by atoms with Gasteiger partial charge in [-0.25, -0.2) is 0 Å². The molecule has 0 aromatic heterocycles. The molecular formula is C19H23NSi. The van der Waals surface area contributed by atoms with Crippen LogP contribution in [0, 0.1) is 0 Å². The molecule has 1 nitrogen and oxygen atoms in total. The van der Waals surface area contributed by atoms with Crippen LogP contribution in [0.4, 0.5) is 5.69 Å². The molecule has 21 heavy (non-hydrogen) atoms. The van der Waals surface area contributed by atoms with E-state index in [0.29, 0.717) is 12.1 Å². The Bertz CT molecular complexity index is 568. The molecule has 2 aromatic rings. The van der Waals surface area contributed by atoms with Gasteiger partial charge >= 0.3 is 0 Å². The average molecular weight is 293 g/mol. The molecule has 0 aliphatic carbocycles. The summed E-state index contributed by atoms with van der Waals surface area (Å²) in [6, 6.07) is 22.6. The average Bonchev–Trinajstić information content (AvgIpc) is 3.21. The first-order valence-corrected chi connectivity index (χ1v) is 11.2. The molecule has 0 saturated carbocycles. The summed E-state index contributed by atoms with van der Waals surface area (Å²) in [4.78, 5) is 2.51. The maximum atomic E-state index is 2.51. The van der Waals surface area contributed by atoms with Crippen LogP contribution in [0.2, 0.25) is 19.6 Å². The number of hydrogen-bond donors (Lipinski definition) is 0. The van der Waals surface area contributed by atoms with Gasteiger partial charge in [0.1, 0.15) is 0 Å². The number of anilines is 1. The lowest BCUT2D eigenvalue weighted by atomic mass is 10.1. The third kappa shape index (κ3) is 3.27. The second kappa shape index (κ2) is 5.53. The fraction of sp³-hybridized carbons (Fsp3) is 0.263. The lowest BCUT2D eigenvalue weighted by molar-refractivity contribution is 1.09. The van der Waals surface area contributed by atoms with Crippen LogP contribution in [0.1, 0.15) is 11.6 Å². The fourth-order valence-electron chi connectivity index (χ4n) is 2.78. The van der Waals surface area contributed by atoms with E-state index in [9.17, 15) is 0 Å². The third-order valence-electron chi connectivity index (χ3n) is 3.84. The van der Waals surface area contributed by atoms with Crippen LogP contribution in [0.15, 0.2) is 72.4 Å². The van der Waals surface area contributed by atoms with Crippen LogP contribution >= 0.6 is 0 Å². The van der Waals surface area contributed by atoms with Crippen LogP contribution in [-0.4, -0.2) is 14.1 Å². The highest BCUT2D eigenvalue weighted by molar-refractivity contribution is 6.80. The van der Waals surface area contributed by atoms with Crippen molar-refractivity contribution >= 4 is 13.8 Å². The van der Waals surface area contributed by atoms with Crippen LogP contribution < -0.4 is 4.90 Å². The van der Waals surface area contributed by atoms with Gasteiger partial charge in [-0.2, -0.15) is 0 Å². The molecule has 1 aliphatic heterocycles. The van der Waals surface area contributed by atoms with Crippen molar-refractivity contribution < 1.29 is 0 Å². The zero-order chi connectivity index (χ0) is 14.9. The highest BCUT2D eigenvalue weighted by atomic mass is 28.3. The second-order valence-electron chi connectivity index (χ2n) is 6.81. The first-order valence-electron chi connectivity index (χ1n) is 7.64. The molecule has 108 valence electrons. The van der Waals surface area contributed by atoms with Crippen molar-refractivity contribution in [3.8, 4) is 0 Å². The Hall–Kier alpha value is -1.80. The summed E-state index contributed by atoms with van der Waals surface area (Å²) in [6.45, 7) is 7.16. The smallest absolute Gasteiger partial charge is 0.0789 e. The lowest BCUT2D eigenvalue weighted by Gasteiger charge is -2.08. The number of benzene rings is 2. The van der Waals surface area contributed by atoms with E-state index in [1.165, 1.54) is 11.3 Å². The van der Waals surface area contributed by atoms with Crippen LogP contribution in [-0.2, 0) is 0 Å². The highest BCUT2D eigenvalue weighted by Gasteiger charge is 2.46. The molecule has 2 aromatic carbocycles. The Morgan fingerprint density at radius 3 is 2.00 bits per heavy atom. The van der Waals surface area contributed by atoms with Crippen molar-refractivity contribution in [3.05, 3.63) is 78.0 Å². The minimum atomic E-state index is -1.15. The highest BCUT2D eigenvalue weighted by Crippen LogP contribution is 2.47. The Morgan fingerprint density at radius 2 is 1.43 bits per heavy atom. The number of rotatable bonds is 4. The summed E-state index contributed by atoms with van der Waals surface area (Å²) in [5.74, 6) is 0. The minimum absolute atomic E-state index is 0.487. The molecule has 3 rings (SSSR count). The van der Waals surface area contributed by atoms with E-state index in [1.807, 2.05) is 0 Å². The van der Waals surface area contributed by atoms with Crippen LogP contribution in [0.5, 0.6) is 0 Å². The van der Waals surface area contributed by atoms with Gasteiger partial charge in [0.2, 0.25) is 0 Å². The largest absolute Gasteiger partial charge is 0.353 e. The standard InChI is InChI=1S/C19H23NSi/c1-21(2,3)15-14-18-19(16-10-6-4-7-11-16)20(18)17-12-8-5-9-13-17/h4-15,18-19H,1-3H3/b15-14+/t18-,19+,20?/m0/s1. The molecule has 1 heterocycles. The van der Waals surface area contributed by atoms with E-state index in [-0.39, 0.29) is 0 Å². The lowest BCUT2D eigenvalue weighted by Crippen LogP contribution is -2.16. The number of nitrogens with zero attached hydrogens (tertiary/aromatic N) is 1. The maximum absolute atomic E-state index is 2.51. The molecule has 1 aliphatic rings. The molecule has 2 heteroatoms. The van der Waals surface area contributed by atoms with Gasteiger partial charge < -0.3 is 4.90 Å². The van der Waals surface area contributed by atoms with Crippen molar-refractivity contribution in [1.82, 2.24) is 0 Å². The Kier molecular flexibility index (Phi) is 3.73. The summed E-state index contributed by atoms with van der Waals surface area (Å²) >= 11 is 0. The van der Waals surface area contributed by atoms with E-state index >= 15 is 0 Å². The number of hydrogen-bond acceptors (Lipinski definition) is 1. The Morgan fingerprint density at radius 1 is 0.857 bits per heavy atom. The van der Waals surface area contributed by atoms with Crippen molar-refractivity contribution in [2.45, 2.75) is 31.7 Å². The predicted molar refractivity (Wildman–Crippen MR) is 94.4 cm³/mol. The van der Waals surface area contributed by atoms with Crippen molar-refractivity contribution in [1.29, 1.82) is 0 Å². The van der Waals surface area contributed by atoms with Gasteiger partial charge in [-0.15, -0.1) is 0 Å². The van der Waals surface area contributed by atoms with Gasteiger partial charge in [0, 0.05) is 5.69 Å². The molecule has 0 radical (unpaired) electrons. The molecule has 1 fully saturated rings. The van der Waals surface area contributed by atoms with Gasteiger partial charge in [0.15, 0.2) is 0 Å².